The SMILES string of the molecule is N#Cc1cc(F)c(N2CCC[C@H]2C(=O)NC2CC2)c(F)c1. The number of carbonyl (C=O) groups is 1. The van der Waals surface area contributed by atoms with Crippen LogP contribution in [0.15, 0.2) is 12.1 Å². The lowest BCUT2D eigenvalue weighted by atomic mass is 10.1. The van der Waals surface area contributed by atoms with E-state index in [1.54, 1.807) is 6.07 Å². The molecule has 2 fully saturated rings. The van der Waals surface area contributed by atoms with E-state index < -0.39 is 17.7 Å². The van der Waals surface area contributed by atoms with E-state index in [9.17, 15) is 13.6 Å². The zero-order valence-electron chi connectivity index (χ0n) is 11.4. The van der Waals surface area contributed by atoms with Crippen molar-refractivity contribution in [1.82, 2.24) is 5.32 Å². The van der Waals surface area contributed by atoms with Crippen LogP contribution in [-0.4, -0.2) is 24.5 Å². The number of nitrogens with one attached hydrogen (secondary N) is 1. The molecule has 21 heavy (non-hydrogen) atoms. The standard InChI is InChI=1S/C15H15F2N3O/c16-11-6-9(8-18)7-12(17)14(11)20-5-1-2-13(20)15(21)19-10-3-4-10/h6-7,10,13H,1-5H2,(H,19,21)/t13-/m0/s1. The summed E-state index contributed by atoms with van der Waals surface area (Å²) in [4.78, 5) is 13.7. The predicted molar refractivity (Wildman–Crippen MR) is 72.6 cm³/mol. The van der Waals surface area contributed by atoms with Crippen molar-refractivity contribution in [2.45, 2.75) is 37.8 Å². The zero-order chi connectivity index (χ0) is 15.0. The van der Waals surface area contributed by atoms with Crippen LogP contribution in [0.5, 0.6) is 0 Å². The fourth-order valence-electron chi connectivity index (χ4n) is 2.74. The molecular weight excluding hydrogens is 276 g/mol. The third kappa shape index (κ3) is 2.68. The highest BCUT2D eigenvalue weighted by atomic mass is 19.1. The van der Waals surface area contributed by atoms with Gasteiger partial charge in [0.25, 0.3) is 0 Å². The van der Waals surface area contributed by atoms with Gasteiger partial charge in [-0.1, -0.05) is 0 Å². The van der Waals surface area contributed by atoms with Gasteiger partial charge in [-0.15, -0.1) is 0 Å². The van der Waals surface area contributed by atoms with Crippen molar-refractivity contribution >= 4 is 11.6 Å². The molecule has 1 amide bonds. The first-order chi connectivity index (χ1) is 10.1. The van der Waals surface area contributed by atoms with E-state index in [2.05, 4.69) is 5.32 Å². The van der Waals surface area contributed by atoms with E-state index in [1.165, 1.54) is 4.90 Å². The second-order valence-electron chi connectivity index (χ2n) is 5.53. The molecule has 1 atom stereocenters. The zero-order valence-corrected chi connectivity index (χ0v) is 11.4. The van der Waals surface area contributed by atoms with Crippen molar-refractivity contribution in [2.75, 3.05) is 11.4 Å². The second-order valence-corrected chi connectivity index (χ2v) is 5.53. The van der Waals surface area contributed by atoms with Crippen molar-refractivity contribution in [1.29, 1.82) is 5.26 Å². The Balaban J connectivity index is 1.88. The molecule has 2 aliphatic rings. The van der Waals surface area contributed by atoms with Crippen molar-refractivity contribution in [2.24, 2.45) is 0 Å². The number of benzene rings is 1. The van der Waals surface area contributed by atoms with Gasteiger partial charge in [0.2, 0.25) is 5.91 Å². The molecular formula is C15H15F2N3O. The molecule has 110 valence electrons. The number of amides is 1. The maximum Gasteiger partial charge on any atom is 0.242 e. The van der Waals surface area contributed by atoms with Crippen molar-refractivity contribution in [3.05, 3.63) is 29.3 Å². The van der Waals surface area contributed by atoms with Gasteiger partial charge in [-0.05, 0) is 37.8 Å². The summed E-state index contributed by atoms with van der Waals surface area (Å²) in [6, 6.07) is 3.41. The van der Waals surface area contributed by atoms with Gasteiger partial charge in [-0.3, -0.25) is 4.79 Å². The van der Waals surface area contributed by atoms with Gasteiger partial charge < -0.3 is 10.2 Å². The third-order valence-electron chi connectivity index (χ3n) is 3.91. The molecule has 1 saturated heterocycles. The summed E-state index contributed by atoms with van der Waals surface area (Å²) < 4.78 is 28.2. The molecule has 1 aromatic rings. The minimum atomic E-state index is -0.794. The summed E-state index contributed by atoms with van der Waals surface area (Å²) in [7, 11) is 0. The first-order valence-corrected chi connectivity index (χ1v) is 7.06. The molecule has 1 N–H and O–H groups in total. The summed E-state index contributed by atoms with van der Waals surface area (Å²) in [6.45, 7) is 0.433. The average molecular weight is 291 g/mol. The lowest BCUT2D eigenvalue weighted by molar-refractivity contribution is -0.122. The van der Waals surface area contributed by atoms with E-state index in [0.717, 1.165) is 25.0 Å². The Morgan fingerprint density at radius 1 is 1.29 bits per heavy atom. The molecule has 0 radical (unpaired) electrons. The number of carbonyl (C=O) groups excluding carboxylic acids is 1. The monoisotopic (exact) mass is 291 g/mol. The van der Waals surface area contributed by atoms with Crippen LogP contribution >= 0.6 is 0 Å². The lowest BCUT2D eigenvalue weighted by Gasteiger charge is -2.26. The number of hydrogen-bond acceptors (Lipinski definition) is 3. The van der Waals surface area contributed by atoms with E-state index in [-0.39, 0.29) is 23.2 Å². The van der Waals surface area contributed by atoms with Gasteiger partial charge in [-0.2, -0.15) is 5.26 Å². The lowest BCUT2D eigenvalue weighted by Crippen LogP contribution is -2.44. The van der Waals surface area contributed by atoms with Gasteiger partial charge in [0.05, 0.1) is 11.6 Å². The minimum Gasteiger partial charge on any atom is -0.355 e. The Kier molecular flexibility index (Phi) is 3.50. The molecule has 1 heterocycles. The van der Waals surface area contributed by atoms with Crippen molar-refractivity contribution in [3.63, 3.8) is 0 Å². The Labute approximate surface area is 121 Å². The molecule has 1 aliphatic heterocycles. The summed E-state index contributed by atoms with van der Waals surface area (Å²) in [5.41, 5.74) is -0.269. The maximum absolute atomic E-state index is 14.1. The Morgan fingerprint density at radius 3 is 2.52 bits per heavy atom. The van der Waals surface area contributed by atoms with Crippen LogP contribution in [0, 0.1) is 23.0 Å². The van der Waals surface area contributed by atoms with Crippen LogP contribution in [0.4, 0.5) is 14.5 Å². The van der Waals surface area contributed by atoms with Gasteiger partial charge in [0.1, 0.15) is 11.7 Å². The van der Waals surface area contributed by atoms with Crippen LogP contribution in [0.2, 0.25) is 0 Å². The van der Waals surface area contributed by atoms with Gasteiger partial charge >= 0.3 is 0 Å². The Hall–Kier alpha value is -2.16. The fraction of sp³-hybridized carbons (Fsp3) is 0.467. The van der Waals surface area contributed by atoms with Gasteiger partial charge in [0, 0.05) is 12.6 Å². The number of nitrogens with zero attached hydrogens (tertiary/aromatic N) is 2. The highest BCUT2D eigenvalue weighted by Crippen LogP contribution is 2.32. The summed E-state index contributed by atoms with van der Waals surface area (Å²) in [5.74, 6) is -1.76. The van der Waals surface area contributed by atoms with Crippen molar-refractivity contribution in [3.8, 4) is 6.07 Å². The maximum atomic E-state index is 14.1. The molecule has 0 spiro atoms. The van der Waals surface area contributed by atoms with Crippen LogP contribution in [0.3, 0.4) is 0 Å². The molecule has 4 nitrogen and oxygen atoms in total. The first kappa shape index (κ1) is 13.8. The molecule has 0 unspecified atom stereocenters. The highest BCUT2D eigenvalue weighted by Gasteiger charge is 2.36. The average Bonchev–Trinajstić information content (AvgIpc) is 3.12. The summed E-state index contributed by atoms with van der Waals surface area (Å²) in [5, 5.41) is 11.6. The van der Waals surface area contributed by atoms with Crippen LogP contribution in [-0.2, 0) is 4.79 Å². The minimum absolute atomic E-state index is 0.0630. The summed E-state index contributed by atoms with van der Waals surface area (Å²) >= 11 is 0. The molecule has 0 aromatic heterocycles. The normalized spacial score (nSPS) is 21.2. The van der Waals surface area contributed by atoms with E-state index >= 15 is 0 Å². The smallest absolute Gasteiger partial charge is 0.242 e. The number of nitriles is 1. The molecule has 0 bridgehead atoms. The quantitative estimate of drug-likeness (QED) is 0.927. The number of hydrogen-bond donors (Lipinski definition) is 1. The number of halogens is 2. The predicted octanol–water partition coefficient (Wildman–Crippen LogP) is 2.08. The van der Waals surface area contributed by atoms with Crippen LogP contribution in [0.25, 0.3) is 0 Å². The van der Waals surface area contributed by atoms with E-state index in [1.807, 2.05) is 0 Å². The second kappa shape index (κ2) is 5.32. The summed E-state index contributed by atoms with van der Waals surface area (Å²) in [6.07, 6.45) is 3.23. The van der Waals surface area contributed by atoms with Gasteiger partial charge in [0.15, 0.2) is 11.6 Å². The van der Waals surface area contributed by atoms with Crippen LogP contribution in [0.1, 0.15) is 31.2 Å². The Bertz CT molecular complexity index is 599. The van der Waals surface area contributed by atoms with Crippen LogP contribution < -0.4 is 10.2 Å². The topological polar surface area (TPSA) is 56.1 Å². The molecule has 3 rings (SSSR count). The number of rotatable bonds is 3. The highest BCUT2D eigenvalue weighted by molar-refractivity contribution is 5.86. The molecule has 1 aliphatic carbocycles. The van der Waals surface area contributed by atoms with Gasteiger partial charge in [-0.25, -0.2) is 8.78 Å². The number of anilines is 1. The third-order valence-corrected chi connectivity index (χ3v) is 3.91. The molecule has 1 aromatic carbocycles. The first-order valence-electron chi connectivity index (χ1n) is 7.06. The fourth-order valence-corrected chi connectivity index (χ4v) is 2.74. The van der Waals surface area contributed by atoms with Crippen molar-refractivity contribution < 1.29 is 13.6 Å². The molecule has 1 saturated carbocycles. The van der Waals surface area contributed by atoms with E-state index in [0.29, 0.717) is 19.4 Å². The van der Waals surface area contributed by atoms with E-state index in [4.69, 9.17) is 5.26 Å². The largest absolute Gasteiger partial charge is 0.355 e. The molecule has 6 heteroatoms. The Morgan fingerprint density at radius 2 is 1.95 bits per heavy atom.